The molecule has 0 aromatic rings. The maximum absolute atomic E-state index is 12.1. The standard InChI is InChI=1S/C9F12O8/c10-5(11,12)1(22)26-9(27-2(23)6(13,14)15,28-3(24)7(16,17)18)29-4(25)8(19,20)21. The second-order valence-electron chi connectivity index (χ2n) is 4.05. The molecule has 0 saturated carbocycles. The molecule has 0 aliphatic carbocycles. The van der Waals surface area contributed by atoms with E-state index in [0.29, 0.717) is 0 Å². The maximum atomic E-state index is 12.1. The molecule has 0 aliphatic heterocycles. The number of halogens is 12. The molecule has 0 fully saturated rings. The molecule has 0 aliphatic rings. The quantitative estimate of drug-likeness (QED) is 0.354. The summed E-state index contributed by atoms with van der Waals surface area (Å²) in [5.74, 6) is -16.0. The van der Waals surface area contributed by atoms with Crippen LogP contribution in [-0.4, -0.2) is 54.7 Å². The molecule has 0 saturated heterocycles. The Hall–Kier alpha value is -2.96. The first-order valence-electron chi connectivity index (χ1n) is 5.72. The minimum absolute atomic E-state index is 2.61. The van der Waals surface area contributed by atoms with E-state index < -0.39 is 54.7 Å². The summed E-state index contributed by atoms with van der Waals surface area (Å²) >= 11 is 0. The molecule has 0 aromatic heterocycles. The Morgan fingerprint density at radius 1 is 0.379 bits per heavy atom. The summed E-state index contributed by atoms with van der Waals surface area (Å²) in [6.07, 6.45) is -31.5. The van der Waals surface area contributed by atoms with Gasteiger partial charge in [0.05, 0.1) is 0 Å². The fourth-order valence-corrected chi connectivity index (χ4v) is 0.811. The smallest absolute Gasteiger partial charge is 0.345 e. The number of carbonyl (C=O) groups is 4. The van der Waals surface area contributed by atoms with Crippen molar-refractivity contribution in [3.63, 3.8) is 0 Å². The van der Waals surface area contributed by atoms with Gasteiger partial charge < -0.3 is 18.9 Å². The van der Waals surface area contributed by atoms with Gasteiger partial charge in [-0.15, -0.1) is 0 Å². The minimum Gasteiger partial charge on any atom is -0.345 e. The first kappa shape index (κ1) is 26.0. The third-order valence-electron chi connectivity index (χ3n) is 1.80. The van der Waals surface area contributed by atoms with Gasteiger partial charge >= 0.3 is 54.7 Å². The van der Waals surface area contributed by atoms with Crippen LogP contribution in [0.15, 0.2) is 0 Å². The first-order chi connectivity index (χ1) is 12.5. The number of carbonyl (C=O) groups excluding carboxylic acids is 4. The van der Waals surface area contributed by atoms with Gasteiger partial charge in [-0.25, -0.2) is 19.2 Å². The normalized spacial score (nSPS) is 13.4. The van der Waals surface area contributed by atoms with E-state index in [9.17, 15) is 71.9 Å². The Labute approximate surface area is 147 Å². The lowest BCUT2D eigenvalue weighted by atomic mass is 10.6. The SMILES string of the molecule is O=C(OC(OC(=O)C(F)(F)F)(OC(=O)C(F)(F)F)OC(=O)C(F)(F)F)C(F)(F)F. The average Bonchev–Trinajstić information content (AvgIpc) is 2.42. The van der Waals surface area contributed by atoms with E-state index >= 15 is 0 Å². The molecule has 29 heavy (non-hydrogen) atoms. The van der Waals surface area contributed by atoms with Crippen molar-refractivity contribution >= 4 is 23.9 Å². The summed E-state index contributed by atoms with van der Waals surface area (Å²) in [5.41, 5.74) is 0. The van der Waals surface area contributed by atoms with Crippen LogP contribution in [0.3, 0.4) is 0 Å². The van der Waals surface area contributed by atoms with Crippen LogP contribution in [0.4, 0.5) is 52.7 Å². The van der Waals surface area contributed by atoms with Crippen LogP contribution in [0.25, 0.3) is 0 Å². The second-order valence-corrected chi connectivity index (χ2v) is 4.05. The lowest BCUT2D eigenvalue weighted by molar-refractivity contribution is -0.450. The van der Waals surface area contributed by atoms with Crippen molar-refractivity contribution in [2.75, 3.05) is 0 Å². The number of ether oxygens (including phenoxy) is 4. The van der Waals surface area contributed by atoms with Gasteiger partial charge in [0.1, 0.15) is 0 Å². The lowest BCUT2D eigenvalue weighted by Crippen LogP contribution is -2.54. The molecular weight excluding hydrogens is 464 g/mol. The van der Waals surface area contributed by atoms with Gasteiger partial charge in [-0.1, -0.05) is 0 Å². The molecule has 0 heterocycles. The summed E-state index contributed by atoms with van der Waals surface area (Å²) < 4.78 is 156. The highest BCUT2D eigenvalue weighted by atomic mass is 19.4. The number of esters is 4. The topological polar surface area (TPSA) is 105 Å². The highest BCUT2D eigenvalue weighted by molar-refractivity contribution is 5.81. The molecule has 168 valence electrons. The highest BCUT2D eigenvalue weighted by Gasteiger charge is 2.63. The molecule has 0 bridgehead atoms. The van der Waals surface area contributed by atoms with Gasteiger partial charge in [0, 0.05) is 0 Å². The summed E-state index contributed by atoms with van der Waals surface area (Å²) in [6.45, 7) is 0. The maximum Gasteiger partial charge on any atom is 0.620 e. The predicted octanol–water partition coefficient (Wildman–Crippen LogP) is 2.02. The molecular formula is C9F12O8. The summed E-state index contributed by atoms with van der Waals surface area (Å²) in [5, 5.41) is 0. The average molecular weight is 464 g/mol. The Morgan fingerprint density at radius 2 is 0.517 bits per heavy atom. The summed E-state index contributed by atoms with van der Waals surface area (Å²) in [6, 6.07) is 0. The zero-order valence-electron chi connectivity index (χ0n) is 12.3. The molecule has 0 atom stereocenters. The van der Waals surface area contributed by atoms with E-state index in [-0.39, 0.29) is 0 Å². The van der Waals surface area contributed by atoms with Crippen molar-refractivity contribution in [2.45, 2.75) is 30.9 Å². The molecule has 0 aromatic carbocycles. The number of hydrogen-bond acceptors (Lipinski definition) is 8. The second kappa shape index (κ2) is 7.81. The van der Waals surface area contributed by atoms with E-state index in [1.807, 2.05) is 0 Å². The van der Waals surface area contributed by atoms with Crippen LogP contribution >= 0.6 is 0 Å². The largest absolute Gasteiger partial charge is 0.620 e. The van der Waals surface area contributed by atoms with Crippen LogP contribution < -0.4 is 0 Å². The van der Waals surface area contributed by atoms with E-state index in [1.165, 1.54) is 0 Å². The van der Waals surface area contributed by atoms with Gasteiger partial charge in [-0.2, -0.15) is 52.7 Å². The zero-order valence-corrected chi connectivity index (χ0v) is 12.3. The van der Waals surface area contributed by atoms with Crippen LogP contribution in [0, 0.1) is 0 Å². The zero-order chi connectivity index (χ0) is 23.6. The predicted molar refractivity (Wildman–Crippen MR) is 51.3 cm³/mol. The fraction of sp³-hybridized carbons (Fsp3) is 0.556. The molecule has 8 nitrogen and oxygen atoms in total. The lowest BCUT2D eigenvalue weighted by Gasteiger charge is -2.29. The Balaban J connectivity index is 6.42. The van der Waals surface area contributed by atoms with Crippen molar-refractivity contribution < 1.29 is 90.8 Å². The number of hydrogen-bond donors (Lipinski definition) is 0. The Bertz CT molecular complexity index is 551. The summed E-state index contributed by atoms with van der Waals surface area (Å²) in [7, 11) is 0. The third-order valence-corrected chi connectivity index (χ3v) is 1.80. The van der Waals surface area contributed by atoms with Crippen molar-refractivity contribution in [1.29, 1.82) is 0 Å². The number of alkyl halides is 12. The van der Waals surface area contributed by atoms with Crippen LogP contribution in [0.5, 0.6) is 0 Å². The van der Waals surface area contributed by atoms with Gasteiger partial charge in [0.2, 0.25) is 0 Å². The van der Waals surface area contributed by atoms with E-state index in [2.05, 4.69) is 18.9 Å². The molecule has 0 unspecified atom stereocenters. The van der Waals surface area contributed by atoms with Crippen LogP contribution in [0.1, 0.15) is 0 Å². The molecule has 0 radical (unpaired) electrons. The molecule has 0 rings (SSSR count). The van der Waals surface area contributed by atoms with Crippen molar-refractivity contribution in [2.24, 2.45) is 0 Å². The van der Waals surface area contributed by atoms with Gasteiger partial charge in [-0.3, -0.25) is 0 Å². The van der Waals surface area contributed by atoms with Crippen LogP contribution in [-0.2, 0) is 38.1 Å². The third kappa shape index (κ3) is 7.89. The highest BCUT2D eigenvalue weighted by Crippen LogP contribution is 2.32. The van der Waals surface area contributed by atoms with Crippen LogP contribution in [0.2, 0.25) is 0 Å². The molecule has 0 amide bonds. The van der Waals surface area contributed by atoms with Gasteiger partial charge in [0.25, 0.3) is 0 Å². The summed E-state index contributed by atoms with van der Waals surface area (Å²) in [4.78, 5) is 42.4. The van der Waals surface area contributed by atoms with E-state index in [1.54, 1.807) is 0 Å². The van der Waals surface area contributed by atoms with E-state index in [0.717, 1.165) is 0 Å². The van der Waals surface area contributed by atoms with Gasteiger partial charge in [-0.05, 0) is 0 Å². The monoisotopic (exact) mass is 464 g/mol. The molecule has 0 N–H and O–H groups in total. The van der Waals surface area contributed by atoms with Crippen molar-refractivity contribution in [3.8, 4) is 0 Å². The van der Waals surface area contributed by atoms with Gasteiger partial charge in [0.15, 0.2) is 0 Å². The molecule has 0 spiro atoms. The van der Waals surface area contributed by atoms with Crippen molar-refractivity contribution in [1.82, 2.24) is 0 Å². The minimum atomic E-state index is -6.41. The fourth-order valence-electron chi connectivity index (χ4n) is 0.811. The van der Waals surface area contributed by atoms with Crippen molar-refractivity contribution in [3.05, 3.63) is 0 Å². The Morgan fingerprint density at radius 3 is 0.621 bits per heavy atom. The Kier molecular flexibility index (Phi) is 7.01. The number of rotatable bonds is 4. The first-order valence-corrected chi connectivity index (χ1v) is 5.72. The van der Waals surface area contributed by atoms with E-state index in [4.69, 9.17) is 0 Å². The molecule has 20 heteroatoms.